The van der Waals surface area contributed by atoms with Crippen LogP contribution in [0, 0.1) is 11.3 Å². The third-order valence-electron chi connectivity index (χ3n) is 1.03. The van der Waals surface area contributed by atoms with Crippen LogP contribution < -0.4 is 5.73 Å². The summed E-state index contributed by atoms with van der Waals surface area (Å²) in [7, 11) is 0. The molecule has 0 aliphatic heterocycles. The van der Waals surface area contributed by atoms with Gasteiger partial charge in [0, 0.05) is 11.1 Å². The summed E-state index contributed by atoms with van der Waals surface area (Å²) in [6.45, 7) is 0. The molecule has 0 aromatic carbocycles. The highest BCUT2D eigenvalue weighted by atomic mass is 32.1. The van der Waals surface area contributed by atoms with Gasteiger partial charge in [-0.25, -0.2) is 4.98 Å². The van der Waals surface area contributed by atoms with Gasteiger partial charge in [0.2, 0.25) is 0 Å². The Morgan fingerprint density at radius 2 is 2.64 bits per heavy atom. The number of hydrogen-bond acceptors (Lipinski definition) is 4. The van der Waals surface area contributed by atoms with E-state index < -0.39 is 0 Å². The van der Waals surface area contributed by atoms with Crippen LogP contribution in [0.3, 0.4) is 0 Å². The highest BCUT2D eigenvalue weighted by Crippen LogP contribution is 2.15. The van der Waals surface area contributed by atoms with Crippen LogP contribution in [0.4, 0.5) is 5.13 Å². The fourth-order valence-electron chi connectivity index (χ4n) is 0.606. The molecule has 2 N–H and O–H groups in total. The number of hydrogen-bond donors (Lipinski definition) is 1. The second kappa shape index (κ2) is 3.74. The largest absolute Gasteiger partial charge is 0.375 e. The first-order chi connectivity index (χ1) is 5.33. The lowest BCUT2D eigenvalue weighted by Crippen LogP contribution is -1.77. The van der Waals surface area contributed by atoms with Crippen molar-refractivity contribution in [3.8, 4) is 6.07 Å². The molecule has 0 unspecified atom stereocenters. The van der Waals surface area contributed by atoms with Gasteiger partial charge in [0.1, 0.15) is 0 Å². The number of rotatable bonds is 2. The summed E-state index contributed by atoms with van der Waals surface area (Å²) in [6, 6.07) is 2.01. The lowest BCUT2D eigenvalue weighted by molar-refractivity contribution is 1.36. The highest BCUT2D eigenvalue weighted by molar-refractivity contribution is 7.16. The first-order valence-corrected chi connectivity index (χ1v) is 3.89. The van der Waals surface area contributed by atoms with E-state index in [9.17, 15) is 0 Å². The van der Waals surface area contributed by atoms with E-state index in [0.717, 1.165) is 4.88 Å². The summed E-state index contributed by atoms with van der Waals surface area (Å²) in [5.41, 5.74) is 5.39. The van der Waals surface area contributed by atoms with Gasteiger partial charge in [0.05, 0.1) is 12.5 Å². The average Bonchev–Trinajstić information content (AvgIpc) is 2.37. The van der Waals surface area contributed by atoms with Crippen molar-refractivity contribution >= 4 is 22.5 Å². The molecule has 0 atom stereocenters. The molecule has 0 amide bonds. The molecular weight excluding hydrogens is 158 g/mol. The third kappa shape index (κ3) is 2.40. The monoisotopic (exact) mass is 165 g/mol. The first-order valence-electron chi connectivity index (χ1n) is 3.07. The zero-order chi connectivity index (χ0) is 8.10. The molecule has 0 aliphatic carbocycles. The van der Waals surface area contributed by atoms with E-state index in [4.69, 9.17) is 11.0 Å². The Balaban J connectivity index is 2.58. The van der Waals surface area contributed by atoms with E-state index in [2.05, 4.69) is 4.98 Å². The first kappa shape index (κ1) is 7.76. The van der Waals surface area contributed by atoms with E-state index in [1.807, 2.05) is 12.1 Å². The zero-order valence-electron chi connectivity index (χ0n) is 5.82. The predicted octanol–water partition coefficient (Wildman–Crippen LogP) is 1.65. The number of nitrogen functional groups attached to an aromatic ring is 1. The molecule has 0 radical (unpaired) electrons. The SMILES string of the molecule is N#CCC=Cc1cnc(N)s1. The van der Waals surface area contributed by atoms with Crippen molar-refractivity contribution in [1.29, 1.82) is 5.26 Å². The molecule has 0 spiro atoms. The van der Waals surface area contributed by atoms with Crippen LogP contribution in [0.25, 0.3) is 6.08 Å². The summed E-state index contributed by atoms with van der Waals surface area (Å²) in [5, 5.41) is 8.77. The second-order valence-electron chi connectivity index (χ2n) is 1.87. The molecule has 0 saturated heterocycles. The normalized spacial score (nSPS) is 10.1. The molecule has 11 heavy (non-hydrogen) atoms. The minimum Gasteiger partial charge on any atom is -0.375 e. The van der Waals surface area contributed by atoms with Crippen LogP contribution in [0.5, 0.6) is 0 Å². The van der Waals surface area contributed by atoms with Gasteiger partial charge in [0.25, 0.3) is 0 Å². The Hall–Kier alpha value is -1.34. The molecule has 0 aliphatic rings. The third-order valence-corrected chi connectivity index (χ3v) is 1.82. The van der Waals surface area contributed by atoms with Gasteiger partial charge in [-0.05, 0) is 6.08 Å². The maximum Gasteiger partial charge on any atom is 0.180 e. The van der Waals surface area contributed by atoms with Crippen LogP contribution in [0.2, 0.25) is 0 Å². The lowest BCUT2D eigenvalue weighted by Gasteiger charge is -1.77. The molecule has 56 valence electrons. The number of nitriles is 1. The van der Waals surface area contributed by atoms with Crippen molar-refractivity contribution in [2.24, 2.45) is 0 Å². The summed E-state index contributed by atoms with van der Waals surface area (Å²) in [4.78, 5) is 4.84. The maximum atomic E-state index is 8.21. The maximum absolute atomic E-state index is 8.21. The lowest BCUT2D eigenvalue weighted by atomic mass is 10.4. The number of nitrogens with two attached hydrogens (primary N) is 1. The van der Waals surface area contributed by atoms with Crippen LogP contribution in [0.1, 0.15) is 11.3 Å². The van der Waals surface area contributed by atoms with Crippen molar-refractivity contribution in [2.75, 3.05) is 5.73 Å². The van der Waals surface area contributed by atoms with Gasteiger partial charge in [-0.15, -0.1) is 0 Å². The number of nitrogens with zero attached hydrogens (tertiary/aromatic N) is 2. The average molecular weight is 165 g/mol. The van der Waals surface area contributed by atoms with E-state index in [-0.39, 0.29) is 0 Å². The van der Waals surface area contributed by atoms with Gasteiger partial charge in [0.15, 0.2) is 5.13 Å². The van der Waals surface area contributed by atoms with Crippen molar-refractivity contribution < 1.29 is 0 Å². The standard InChI is InChI=1S/C7H7N3S/c8-4-2-1-3-6-5-10-7(9)11-6/h1,3,5H,2H2,(H2,9,10). The Bertz CT molecular complexity index is 295. The molecule has 1 rings (SSSR count). The van der Waals surface area contributed by atoms with Crippen LogP contribution in [0.15, 0.2) is 12.3 Å². The molecular formula is C7H7N3S. The van der Waals surface area contributed by atoms with E-state index in [1.165, 1.54) is 11.3 Å². The molecule has 1 heterocycles. The quantitative estimate of drug-likeness (QED) is 0.724. The molecule has 0 saturated carbocycles. The van der Waals surface area contributed by atoms with Crippen LogP contribution in [-0.4, -0.2) is 4.98 Å². The van der Waals surface area contributed by atoms with Gasteiger partial charge in [-0.3, -0.25) is 0 Å². The molecule has 0 bridgehead atoms. The van der Waals surface area contributed by atoms with E-state index in [1.54, 1.807) is 12.3 Å². The smallest absolute Gasteiger partial charge is 0.180 e. The highest BCUT2D eigenvalue weighted by Gasteiger charge is 1.91. The summed E-state index contributed by atoms with van der Waals surface area (Å²) in [5.74, 6) is 0. The van der Waals surface area contributed by atoms with Gasteiger partial charge in [-0.1, -0.05) is 17.4 Å². The Kier molecular flexibility index (Phi) is 2.64. The van der Waals surface area contributed by atoms with Crippen molar-refractivity contribution in [3.63, 3.8) is 0 Å². The Morgan fingerprint density at radius 1 is 1.82 bits per heavy atom. The Morgan fingerprint density at radius 3 is 3.18 bits per heavy atom. The molecule has 1 aromatic heterocycles. The van der Waals surface area contributed by atoms with Crippen molar-refractivity contribution in [3.05, 3.63) is 17.2 Å². The molecule has 4 heteroatoms. The molecule has 0 fully saturated rings. The summed E-state index contributed by atoms with van der Waals surface area (Å²) >= 11 is 1.41. The second-order valence-corrected chi connectivity index (χ2v) is 2.96. The minimum atomic E-state index is 0.428. The number of allylic oxidation sites excluding steroid dienone is 1. The van der Waals surface area contributed by atoms with Gasteiger partial charge < -0.3 is 5.73 Å². The van der Waals surface area contributed by atoms with E-state index >= 15 is 0 Å². The van der Waals surface area contributed by atoms with Gasteiger partial charge >= 0.3 is 0 Å². The number of aromatic nitrogens is 1. The van der Waals surface area contributed by atoms with Crippen molar-refractivity contribution in [2.45, 2.75) is 6.42 Å². The summed E-state index contributed by atoms with van der Waals surface area (Å²) in [6.07, 6.45) is 5.75. The van der Waals surface area contributed by atoms with E-state index in [0.29, 0.717) is 11.6 Å². The predicted molar refractivity (Wildman–Crippen MR) is 45.8 cm³/mol. The molecule has 1 aromatic rings. The van der Waals surface area contributed by atoms with Crippen LogP contribution in [-0.2, 0) is 0 Å². The van der Waals surface area contributed by atoms with Gasteiger partial charge in [-0.2, -0.15) is 5.26 Å². The van der Waals surface area contributed by atoms with Crippen molar-refractivity contribution in [1.82, 2.24) is 4.98 Å². The van der Waals surface area contributed by atoms with Crippen LogP contribution >= 0.6 is 11.3 Å². The fourth-order valence-corrected chi connectivity index (χ4v) is 1.22. The fraction of sp³-hybridized carbons (Fsp3) is 0.143. The number of anilines is 1. The molecule has 3 nitrogen and oxygen atoms in total. The Labute approximate surface area is 68.8 Å². The number of thiazole rings is 1. The summed E-state index contributed by atoms with van der Waals surface area (Å²) < 4.78 is 0. The topological polar surface area (TPSA) is 62.7 Å². The zero-order valence-corrected chi connectivity index (χ0v) is 6.64. The minimum absolute atomic E-state index is 0.428.